The normalized spacial score (nSPS) is 17.1. The summed E-state index contributed by atoms with van der Waals surface area (Å²) < 4.78 is 7.21. The van der Waals surface area contributed by atoms with Crippen molar-refractivity contribution in [2.75, 3.05) is 13.2 Å². The number of nitrogens with zero attached hydrogens (tertiary/aromatic N) is 3. The molecular weight excluding hydrogens is 232 g/mol. The topological polar surface area (TPSA) is 69.0 Å². The van der Waals surface area contributed by atoms with Gasteiger partial charge in [0.05, 0.1) is 6.54 Å². The van der Waals surface area contributed by atoms with Crippen LogP contribution in [0.3, 0.4) is 0 Å². The summed E-state index contributed by atoms with van der Waals surface area (Å²) in [6, 6.07) is 0.301. The minimum atomic E-state index is 0.0779. The molecule has 0 spiro atoms. The summed E-state index contributed by atoms with van der Waals surface area (Å²) in [6.45, 7) is 5.93. The van der Waals surface area contributed by atoms with Gasteiger partial charge in [-0.05, 0) is 26.7 Å². The van der Waals surface area contributed by atoms with Crippen molar-refractivity contribution in [3.63, 3.8) is 0 Å². The van der Waals surface area contributed by atoms with E-state index in [1.165, 1.54) is 0 Å². The lowest BCUT2D eigenvalue weighted by molar-refractivity contribution is -0.128. The van der Waals surface area contributed by atoms with Gasteiger partial charge in [-0.1, -0.05) is 0 Å². The van der Waals surface area contributed by atoms with E-state index in [4.69, 9.17) is 4.74 Å². The SMILES string of the molecule is CC(C)n1cnnc1CNC(=O)C1CCOCC1. The van der Waals surface area contributed by atoms with Crippen molar-refractivity contribution < 1.29 is 9.53 Å². The molecule has 1 amide bonds. The number of carbonyl (C=O) groups excluding carboxylic acids is 1. The maximum absolute atomic E-state index is 12.0. The molecule has 6 nitrogen and oxygen atoms in total. The van der Waals surface area contributed by atoms with Gasteiger partial charge < -0.3 is 14.6 Å². The number of hydrogen-bond acceptors (Lipinski definition) is 4. The molecule has 6 heteroatoms. The van der Waals surface area contributed by atoms with Gasteiger partial charge in [0, 0.05) is 25.2 Å². The van der Waals surface area contributed by atoms with Gasteiger partial charge in [0.25, 0.3) is 0 Å². The van der Waals surface area contributed by atoms with Crippen molar-refractivity contribution in [2.24, 2.45) is 5.92 Å². The summed E-state index contributed by atoms with van der Waals surface area (Å²) >= 11 is 0. The Morgan fingerprint density at radius 3 is 2.94 bits per heavy atom. The van der Waals surface area contributed by atoms with Crippen molar-refractivity contribution in [3.8, 4) is 0 Å². The van der Waals surface area contributed by atoms with E-state index in [0.29, 0.717) is 25.8 Å². The molecule has 18 heavy (non-hydrogen) atoms. The Hall–Kier alpha value is -1.43. The lowest BCUT2D eigenvalue weighted by Gasteiger charge is -2.21. The first-order valence-electron chi connectivity index (χ1n) is 6.42. The van der Waals surface area contributed by atoms with Crippen LogP contribution in [0.4, 0.5) is 0 Å². The molecule has 0 atom stereocenters. The molecule has 1 fully saturated rings. The molecule has 100 valence electrons. The van der Waals surface area contributed by atoms with Crippen LogP contribution in [0.25, 0.3) is 0 Å². The average Bonchev–Trinajstić information content (AvgIpc) is 2.85. The average molecular weight is 252 g/mol. The Bertz CT molecular complexity index is 397. The standard InChI is InChI=1S/C12H20N4O2/c1-9(2)16-8-14-15-11(16)7-13-12(17)10-3-5-18-6-4-10/h8-10H,3-7H2,1-2H3,(H,13,17). The van der Waals surface area contributed by atoms with E-state index in [-0.39, 0.29) is 11.8 Å². The second-order valence-electron chi connectivity index (χ2n) is 4.85. The van der Waals surface area contributed by atoms with Crippen LogP contribution >= 0.6 is 0 Å². The minimum Gasteiger partial charge on any atom is -0.381 e. The van der Waals surface area contributed by atoms with Gasteiger partial charge in [-0.25, -0.2) is 0 Å². The van der Waals surface area contributed by atoms with E-state index in [1.807, 2.05) is 4.57 Å². The van der Waals surface area contributed by atoms with Crippen molar-refractivity contribution in [2.45, 2.75) is 39.3 Å². The van der Waals surface area contributed by atoms with Gasteiger partial charge in [0.1, 0.15) is 6.33 Å². The summed E-state index contributed by atoms with van der Waals surface area (Å²) in [6.07, 6.45) is 3.31. The highest BCUT2D eigenvalue weighted by Crippen LogP contribution is 2.14. The van der Waals surface area contributed by atoms with Crippen molar-refractivity contribution in [3.05, 3.63) is 12.2 Å². The maximum atomic E-state index is 12.0. The monoisotopic (exact) mass is 252 g/mol. The number of aromatic nitrogens is 3. The Kier molecular flexibility index (Phi) is 4.30. The molecule has 2 rings (SSSR count). The zero-order valence-corrected chi connectivity index (χ0v) is 10.9. The fourth-order valence-electron chi connectivity index (χ4n) is 2.09. The number of carbonyl (C=O) groups is 1. The van der Waals surface area contributed by atoms with Crippen LogP contribution in [-0.2, 0) is 16.1 Å². The predicted molar refractivity (Wildman–Crippen MR) is 65.8 cm³/mol. The third kappa shape index (κ3) is 3.07. The van der Waals surface area contributed by atoms with Crippen molar-refractivity contribution in [1.29, 1.82) is 0 Å². The largest absolute Gasteiger partial charge is 0.381 e. The smallest absolute Gasteiger partial charge is 0.223 e. The molecule has 0 aromatic carbocycles. The lowest BCUT2D eigenvalue weighted by atomic mass is 9.99. The molecule has 1 aliphatic heterocycles. The Balaban J connectivity index is 1.86. The van der Waals surface area contributed by atoms with E-state index in [1.54, 1.807) is 6.33 Å². The van der Waals surface area contributed by atoms with Gasteiger partial charge in [-0.3, -0.25) is 4.79 Å². The number of hydrogen-bond donors (Lipinski definition) is 1. The molecule has 0 saturated carbocycles. The first-order chi connectivity index (χ1) is 8.68. The van der Waals surface area contributed by atoms with Gasteiger partial charge in [-0.15, -0.1) is 10.2 Å². The second kappa shape index (κ2) is 5.95. The van der Waals surface area contributed by atoms with E-state index >= 15 is 0 Å². The van der Waals surface area contributed by atoms with Gasteiger partial charge in [0.2, 0.25) is 5.91 Å². The minimum absolute atomic E-state index is 0.0779. The van der Waals surface area contributed by atoms with E-state index in [2.05, 4.69) is 29.4 Å². The highest BCUT2D eigenvalue weighted by molar-refractivity contribution is 5.78. The zero-order valence-electron chi connectivity index (χ0n) is 10.9. The second-order valence-corrected chi connectivity index (χ2v) is 4.85. The number of ether oxygens (including phenoxy) is 1. The fraction of sp³-hybridized carbons (Fsp3) is 0.750. The molecule has 1 aromatic rings. The van der Waals surface area contributed by atoms with Crippen LogP contribution < -0.4 is 5.32 Å². The van der Waals surface area contributed by atoms with Crippen LogP contribution in [0.5, 0.6) is 0 Å². The molecule has 0 radical (unpaired) electrons. The maximum Gasteiger partial charge on any atom is 0.223 e. The van der Waals surface area contributed by atoms with Crippen LogP contribution in [0.2, 0.25) is 0 Å². The quantitative estimate of drug-likeness (QED) is 0.864. The van der Waals surface area contributed by atoms with E-state index in [9.17, 15) is 4.79 Å². The third-order valence-electron chi connectivity index (χ3n) is 3.22. The number of nitrogens with one attached hydrogen (secondary N) is 1. The molecule has 0 unspecified atom stereocenters. The Morgan fingerprint density at radius 1 is 1.56 bits per heavy atom. The van der Waals surface area contributed by atoms with Crippen LogP contribution in [0, 0.1) is 5.92 Å². The summed E-state index contributed by atoms with van der Waals surface area (Å²) in [5.74, 6) is 0.969. The Labute approximate surface area is 107 Å². The fourth-order valence-corrected chi connectivity index (χ4v) is 2.09. The van der Waals surface area contributed by atoms with Gasteiger partial charge in [0.15, 0.2) is 5.82 Å². The predicted octanol–water partition coefficient (Wildman–Crippen LogP) is 0.902. The van der Waals surface area contributed by atoms with Crippen molar-refractivity contribution in [1.82, 2.24) is 20.1 Å². The first kappa shape index (κ1) is 13.0. The molecular formula is C12H20N4O2. The van der Waals surface area contributed by atoms with Crippen LogP contribution in [0.1, 0.15) is 38.6 Å². The number of amides is 1. The van der Waals surface area contributed by atoms with E-state index in [0.717, 1.165) is 18.7 Å². The molecule has 1 N–H and O–H groups in total. The summed E-state index contributed by atoms with van der Waals surface area (Å²) in [5, 5.41) is 10.8. The number of rotatable bonds is 4. The molecule has 2 heterocycles. The highest BCUT2D eigenvalue weighted by Gasteiger charge is 2.21. The summed E-state index contributed by atoms with van der Waals surface area (Å²) in [7, 11) is 0. The van der Waals surface area contributed by atoms with Gasteiger partial charge >= 0.3 is 0 Å². The third-order valence-corrected chi connectivity index (χ3v) is 3.22. The lowest BCUT2D eigenvalue weighted by Crippen LogP contribution is -2.34. The molecule has 1 aliphatic rings. The van der Waals surface area contributed by atoms with Crippen LogP contribution in [-0.4, -0.2) is 33.9 Å². The van der Waals surface area contributed by atoms with Gasteiger partial charge in [-0.2, -0.15) is 0 Å². The summed E-state index contributed by atoms with van der Waals surface area (Å²) in [5.41, 5.74) is 0. The molecule has 1 aromatic heterocycles. The van der Waals surface area contributed by atoms with Crippen LogP contribution in [0.15, 0.2) is 6.33 Å². The van der Waals surface area contributed by atoms with Crippen molar-refractivity contribution >= 4 is 5.91 Å². The molecule has 0 aliphatic carbocycles. The van der Waals surface area contributed by atoms with E-state index < -0.39 is 0 Å². The Morgan fingerprint density at radius 2 is 2.28 bits per heavy atom. The molecule has 1 saturated heterocycles. The molecule has 0 bridgehead atoms. The summed E-state index contributed by atoms with van der Waals surface area (Å²) in [4.78, 5) is 12.0. The highest BCUT2D eigenvalue weighted by atomic mass is 16.5. The zero-order chi connectivity index (χ0) is 13.0. The first-order valence-corrected chi connectivity index (χ1v) is 6.42.